The van der Waals surface area contributed by atoms with E-state index in [9.17, 15) is 4.79 Å². The Kier molecular flexibility index (Phi) is 6.01. The van der Waals surface area contributed by atoms with Gasteiger partial charge < -0.3 is 14.4 Å². The van der Waals surface area contributed by atoms with E-state index in [2.05, 4.69) is 0 Å². The van der Waals surface area contributed by atoms with Gasteiger partial charge in [-0.15, -0.1) is 0 Å². The number of nitrogens with zero attached hydrogens (tertiary/aromatic N) is 1. The molecule has 1 amide bonds. The van der Waals surface area contributed by atoms with Crippen molar-refractivity contribution < 1.29 is 14.3 Å². The molecule has 0 unspecified atom stereocenters. The minimum absolute atomic E-state index is 0.0541. The first-order valence-corrected chi connectivity index (χ1v) is 7.88. The molecule has 126 valence electrons. The van der Waals surface area contributed by atoms with Crippen molar-refractivity contribution in [2.45, 2.75) is 13.8 Å². The lowest BCUT2D eigenvalue weighted by Gasteiger charge is -2.21. The van der Waals surface area contributed by atoms with Crippen LogP contribution in [0.25, 0.3) is 6.08 Å². The maximum absolute atomic E-state index is 12.6. The molecule has 0 spiro atoms. The van der Waals surface area contributed by atoms with Gasteiger partial charge in [0.2, 0.25) is 0 Å². The number of methoxy groups -OCH3 is 2. The predicted octanol–water partition coefficient (Wildman–Crippen LogP) is 4.08. The van der Waals surface area contributed by atoms with Gasteiger partial charge in [0, 0.05) is 18.3 Å². The summed E-state index contributed by atoms with van der Waals surface area (Å²) in [7, 11) is 3.19. The lowest BCUT2D eigenvalue weighted by Crippen LogP contribution is -2.29. The van der Waals surface area contributed by atoms with Gasteiger partial charge in [-0.3, -0.25) is 4.79 Å². The molecule has 0 aromatic heterocycles. The molecule has 0 aliphatic carbocycles. The van der Waals surface area contributed by atoms with Gasteiger partial charge in [-0.1, -0.05) is 24.3 Å². The number of benzene rings is 2. The van der Waals surface area contributed by atoms with E-state index in [-0.39, 0.29) is 5.91 Å². The minimum Gasteiger partial charge on any atom is -0.493 e. The average molecular weight is 325 g/mol. The number of para-hydroxylation sites is 1. The van der Waals surface area contributed by atoms with E-state index in [1.165, 1.54) is 0 Å². The summed E-state index contributed by atoms with van der Waals surface area (Å²) in [6.07, 6.45) is 3.36. The molecule has 2 rings (SSSR count). The smallest absolute Gasteiger partial charge is 0.250 e. The molecule has 0 fully saturated rings. The van der Waals surface area contributed by atoms with Crippen LogP contribution in [0.15, 0.2) is 48.5 Å². The molecule has 0 radical (unpaired) electrons. The van der Waals surface area contributed by atoms with Crippen molar-refractivity contribution in [1.29, 1.82) is 0 Å². The minimum atomic E-state index is -0.0541. The summed E-state index contributed by atoms with van der Waals surface area (Å²) >= 11 is 0. The summed E-state index contributed by atoms with van der Waals surface area (Å²) in [6, 6.07) is 13.4. The van der Waals surface area contributed by atoms with Crippen LogP contribution in [0, 0.1) is 6.92 Å². The van der Waals surface area contributed by atoms with Gasteiger partial charge in [0.15, 0.2) is 11.5 Å². The second kappa shape index (κ2) is 8.20. The van der Waals surface area contributed by atoms with Crippen molar-refractivity contribution in [2.75, 3.05) is 25.7 Å². The van der Waals surface area contributed by atoms with Crippen LogP contribution in [0.5, 0.6) is 11.5 Å². The van der Waals surface area contributed by atoms with E-state index in [1.807, 2.05) is 56.3 Å². The number of likely N-dealkylation sites (N-methyl/N-ethyl adjacent to an activating group) is 1. The van der Waals surface area contributed by atoms with Crippen LogP contribution >= 0.6 is 0 Å². The second-order valence-corrected chi connectivity index (χ2v) is 5.32. The van der Waals surface area contributed by atoms with Gasteiger partial charge in [0.1, 0.15) is 0 Å². The number of anilines is 1. The van der Waals surface area contributed by atoms with Crippen LogP contribution in [0.2, 0.25) is 0 Å². The number of rotatable bonds is 6. The normalized spacial score (nSPS) is 10.7. The third-order valence-corrected chi connectivity index (χ3v) is 3.81. The Morgan fingerprint density at radius 3 is 2.42 bits per heavy atom. The fourth-order valence-electron chi connectivity index (χ4n) is 2.53. The van der Waals surface area contributed by atoms with Crippen molar-refractivity contribution in [3.63, 3.8) is 0 Å². The number of hydrogen-bond acceptors (Lipinski definition) is 3. The summed E-state index contributed by atoms with van der Waals surface area (Å²) in [5.74, 6) is 1.25. The molecule has 0 N–H and O–H groups in total. The van der Waals surface area contributed by atoms with E-state index >= 15 is 0 Å². The molecule has 0 saturated carbocycles. The third kappa shape index (κ3) is 3.96. The molecule has 2 aromatic rings. The maximum atomic E-state index is 12.6. The maximum Gasteiger partial charge on any atom is 0.250 e. The van der Waals surface area contributed by atoms with Gasteiger partial charge in [0.05, 0.1) is 14.2 Å². The first-order valence-electron chi connectivity index (χ1n) is 7.88. The number of carbonyl (C=O) groups excluding carboxylic acids is 1. The van der Waals surface area contributed by atoms with Gasteiger partial charge in [-0.25, -0.2) is 0 Å². The van der Waals surface area contributed by atoms with Gasteiger partial charge in [-0.2, -0.15) is 0 Å². The fourth-order valence-corrected chi connectivity index (χ4v) is 2.53. The molecule has 4 nitrogen and oxygen atoms in total. The molecule has 0 heterocycles. The number of hydrogen-bond donors (Lipinski definition) is 0. The molecule has 2 aromatic carbocycles. The zero-order valence-corrected chi connectivity index (χ0v) is 14.6. The Balaban J connectivity index is 2.21. The SMILES string of the molecule is CCN(C(=O)/C=C/c1ccc(OC)c(OC)c1)c1ccccc1C. The highest BCUT2D eigenvalue weighted by atomic mass is 16.5. The highest BCUT2D eigenvalue weighted by Gasteiger charge is 2.12. The molecular weight excluding hydrogens is 302 g/mol. The van der Waals surface area contributed by atoms with E-state index in [4.69, 9.17) is 9.47 Å². The summed E-state index contributed by atoms with van der Waals surface area (Å²) in [5.41, 5.74) is 2.89. The first kappa shape index (κ1) is 17.6. The molecular formula is C20H23NO3. The fraction of sp³-hybridized carbons (Fsp3) is 0.250. The quantitative estimate of drug-likeness (QED) is 0.751. The summed E-state index contributed by atoms with van der Waals surface area (Å²) in [5, 5.41) is 0. The number of carbonyl (C=O) groups is 1. The Labute approximate surface area is 143 Å². The lowest BCUT2D eigenvalue weighted by molar-refractivity contribution is -0.114. The van der Waals surface area contributed by atoms with Crippen molar-refractivity contribution in [1.82, 2.24) is 0 Å². The van der Waals surface area contributed by atoms with Crippen molar-refractivity contribution in [2.24, 2.45) is 0 Å². The third-order valence-electron chi connectivity index (χ3n) is 3.81. The highest BCUT2D eigenvalue weighted by molar-refractivity contribution is 6.04. The average Bonchev–Trinajstić information content (AvgIpc) is 2.61. The largest absolute Gasteiger partial charge is 0.493 e. The molecule has 0 aliphatic heterocycles. The zero-order chi connectivity index (χ0) is 17.5. The Bertz CT molecular complexity index is 737. The lowest BCUT2D eigenvalue weighted by atomic mass is 10.1. The van der Waals surface area contributed by atoms with E-state index in [1.54, 1.807) is 31.3 Å². The standard InChI is InChI=1S/C20H23NO3/c1-5-21(17-9-7-6-8-15(17)2)20(22)13-11-16-10-12-18(23-3)19(14-16)24-4/h6-14H,5H2,1-4H3/b13-11+. The summed E-state index contributed by atoms with van der Waals surface area (Å²) < 4.78 is 10.5. The molecule has 0 bridgehead atoms. The van der Waals surface area contributed by atoms with Crippen LogP contribution in [-0.4, -0.2) is 26.7 Å². The number of aryl methyl sites for hydroxylation is 1. The van der Waals surface area contributed by atoms with E-state index in [0.29, 0.717) is 18.0 Å². The van der Waals surface area contributed by atoms with Crippen molar-refractivity contribution >= 4 is 17.7 Å². The Hall–Kier alpha value is -2.75. The van der Waals surface area contributed by atoms with Crippen LogP contribution in [0.3, 0.4) is 0 Å². The molecule has 0 atom stereocenters. The monoisotopic (exact) mass is 325 g/mol. The second-order valence-electron chi connectivity index (χ2n) is 5.32. The summed E-state index contributed by atoms with van der Waals surface area (Å²) in [6.45, 7) is 4.58. The van der Waals surface area contributed by atoms with Gasteiger partial charge in [0.25, 0.3) is 5.91 Å². The van der Waals surface area contributed by atoms with Crippen LogP contribution < -0.4 is 14.4 Å². The molecule has 24 heavy (non-hydrogen) atoms. The summed E-state index contributed by atoms with van der Waals surface area (Å²) in [4.78, 5) is 14.3. The predicted molar refractivity (Wildman–Crippen MR) is 97.8 cm³/mol. The Morgan fingerprint density at radius 1 is 1.08 bits per heavy atom. The van der Waals surface area contributed by atoms with Gasteiger partial charge >= 0.3 is 0 Å². The van der Waals surface area contributed by atoms with Crippen LogP contribution in [0.1, 0.15) is 18.1 Å². The molecule has 0 aliphatic rings. The zero-order valence-electron chi connectivity index (χ0n) is 14.6. The van der Waals surface area contributed by atoms with Crippen molar-refractivity contribution in [3.05, 3.63) is 59.7 Å². The first-order chi connectivity index (χ1) is 11.6. The van der Waals surface area contributed by atoms with Crippen molar-refractivity contribution in [3.8, 4) is 11.5 Å². The number of amides is 1. The Morgan fingerprint density at radius 2 is 1.79 bits per heavy atom. The van der Waals surface area contributed by atoms with Gasteiger partial charge in [-0.05, 0) is 49.2 Å². The van der Waals surface area contributed by atoms with Crippen LogP contribution in [-0.2, 0) is 4.79 Å². The van der Waals surface area contributed by atoms with Crippen LogP contribution in [0.4, 0.5) is 5.69 Å². The molecule has 4 heteroatoms. The number of ether oxygens (including phenoxy) is 2. The van der Waals surface area contributed by atoms with E-state index in [0.717, 1.165) is 16.8 Å². The molecule has 0 saturated heterocycles. The van der Waals surface area contributed by atoms with E-state index < -0.39 is 0 Å². The highest BCUT2D eigenvalue weighted by Crippen LogP contribution is 2.28. The topological polar surface area (TPSA) is 38.8 Å².